The Kier molecular flexibility index (Phi) is 5.70. The lowest BCUT2D eigenvalue weighted by Crippen LogP contribution is -2.21. The Morgan fingerprint density at radius 2 is 1.70 bits per heavy atom. The molecule has 7 nitrogen and oxygen atoms in total. The van der Waals surface area contributed by atoms with E-state index in [2.05, 4.69) is 5.32 Å². The van der Waals surface area contributed by atoms with E-state index in [1.807, 2.05) is 24.3 Å². The highest BCUT2D eigenvalue weighted by Crippen LogP contribution is 2.32. The molecule has 0 aliphatic carbocycles. The van der Waals surface area contributed by atoms with Gasteiger partial charge in [0, 0.05) is 18.2 Å². The number of rotatable bonds is 5. The van der Waals surface area contributed by atoms with Crippen molar-refractivity contribution >= 4 is 28.3 Å². The van der Waals surface area contributed by atoms with Crippen LogP contribution < -0.4 is 19.5 Å². The fourth-order valence-corrected chi connectivity index (χ4v) is 3.19. The molecular formula is C23H21NO6. The molecule has 0 unspecified atom stereocenters. The third-order valence-electron chi connectivity index (χ3n) is 4.65. The number of hydrogen-bond donors (Lipinski definition) is 1. The van der Waals surface area contributed by atoms with Crippen LogP contribution in [-0.2, 0) is 9.53 Å². The van der Waals surface area contributed by atoms with E-state index in [0.29, 0.717) is 36.1 Å². The van der Waals surface area contributed by atoms with Crippen LogP contribution in [0.5, 0.6) is 17.2 Å². The van der Waals surface area contributed by atoms with Crippen LogP contribution in [0.1, 0.15) is 16.8 Å². The third kappa shape index (κ3) is 4.30. The molecule has 30 heavy (non-hydrogen) atoms. The minimum Gasteiger partial charge on any atom is -0.496 e. The average molecular weight is 407 g/mol. The molecule has 4 rings (SSSR count). The number of carbonyl (C=O) groups excluding carboxylic acids is 2. The average Bonchev–Trinajstić information content (AvgIpc) is 3.01. The number of esters is 1. The number of benzene rings is 3. The third-order valence-corrected chi connectivity index (χ3v) is 4.65. The first-order valence-electron chi connectivity index (χ1n) is 9.57. The fourth-order valence-electron chi connectivity index (χ4n) is 3.19. The summed E-state index contributed by atoms with van der Waals surface area (Å²) in [6, 6.07) is 16.2. The van der Waals surface area contributed by atoms with Gasteiger partial charge in [-0.2, -0.15) is 0 Å². The summed E-state index contributed by atoms with van der Waals surface area (Å²) in [5.41, 5.74) is 0.795. The topological polar surface area (TPSA) is 83.1 Å². The summed E-state index contributed by atoms with van der Waals surface area (Å²) in [4.78, 5) is 24.8. The van der Waals surface area contributed by atoms with E-state index in [9.17, 15) is 9.59 Å². The number of fused-ring (bicyclic) bond motifs is 2. The zero-order chi connectivity index (χ0) is 20.9. The van der Waals surface area contributed by atoms with E-state index in [0.717, 1.165) is 17.2 Å². The number of carbonyl (C=O) groups is 2. The summed E-state index contributed by atoms with van der Waals surface area (Å²) in [5.74, 6) is 0.509. The van der Waals surface area contributed by atoms with Crippen molar-refractivity contribution < 1.29 is 28.5 Å². The zero-order valence-electron chi connectivity index (χ0n) is 16.5. The first kappa shape index (κ1) is 19.6. The van der Waals surface area contributed by atoms with Crippen LogP contribution in [0.4, 0.5) is 5.69 Å². The predicted octanol–water partition coefficient (Wildman–Crippen LogP) is 3.81. The van der Waals surface area contributed by atoms with E-state index in [-0.39, 0.29) is 5.56 Å². The Morgan fingerprint density at radius 3 is 2.47 bits per heavy atom. The molecule has 1 amide bonds. The number of amides is 1. The van der Waals surface area contributed by atoms with Gasteiger partial charge < -0.3 is 24.3 Å². The van der Waals surface area contributed by atoms with Gasteiger partial charge in [0.25, 0.3) is 5.91 Å². The molecule has 1 N–H and O–H groups in total. The Bertz CT molecular complexity index is 1090. The van der Waals surface area contributed by atoms with Gasteiger partial charge in [0.05, 0.1) is 20.3 Å². The molecule has 0 bridgehead atoms. The second kappa shape index (κ2) is 8.73. The number of ether oxygens (including phenoxy) is 4. The van der Waals surface area contributed by atoms with Crippen LogP contribution in [0.3, 0.4) is 0 Å². The van der Waals surface area contributed by atoms with E-state index >= 15 is 0 Å². The molecule has 3 aromatic carbocycles. The summed E-state index contributed by atoms with van der Waals surface area (Å²) in [6.45, 7) is 0.714. The minimum absolute atomic E-state index is 0.263. The fraction of sp³-hybridized carbons (Fsp3) is 0.217. The van der Waals surface area contributed by atoms with Crippen LogP contribution in [0, 0.1) is 0 Å². The molecule has 3 aromatic rings. The number of hydrogen-bond acceptors (Lipinski definition) is 6. The number of anilines is 1. The highest BCUT2D eigenvalue weighted by molar-refractivity contribution is 6.00. The monoisotopic (exact) mass is 407 g/mol. The largest absolute Gasteiger partial charge is 0.496 e. The molecule has 1 heterocycles. The molecule has 0 saturated heterocycles. The maximum absolute atomic E-state index is 12.5. The molecular weight excluding hydrogens is 386 g/mol. The zero-order valence-corrected chi connectivity index (χ0v) is 16.5. The smallest absolute Gasteiger partial charge is 0.342 e. The molecule has 7 heteroatoms. The van der Waals surface area contributed by atoms with E-state index in [1.165, 1.54) is 7.11 Å². The lowest BCUT2D eigenvalue weighted by atomic mass is 10.1. The highest BCUT2D eigenvalue weighted by atomic mass is 16.5. The van der Waals surface area contributed by atoms with Gasteiger partial charge in [-0.1, -0.05) is 24.3 Å². The van der Waals surface area contributed by atoms with Crippen LogP contribution in [0.25, 0.3) is 10.8 Å². The van der Waals surface area contributed by atoms with Gasteiger partial charge in [0.1, 0.15) is 11.3 Å². The second-order valence-corrected chi connectivity index (χ2v) is 6.74. The van der Waals surface area contributed by atoms with Crippen molar-refractivity contribution in [1.29, 1.82) is 0 Å². The van der Waals surface area contributed by atoms with Crippen LogP contribution in [0.15, 0.2) is 54.6 Å². The summed E-state index contributed by atoms with van der Waals surface area (Å²) < 4.78 is 21.7. The van der Waals surface area contributed by atoms with Gasteiger partial charge in [-0.25, -0.2) is 4.79 Å². The molecule has 154 valence electrons. The molecule has 0 saturated carbocycles. The highest BCUT2D eigenvalue weighted by Gasteiger charge is 2.17. The van der Waals surface area contributed by atoms with Crippen molar-refractivity contribution in [3.8, 4) is 17.2 Å². The quantitative estimate of drug-likeness (QED) is 0.648. The van der Waals surface area contributed by atoms with E-state index < -0.39 is 18.5 Å². The van der Waals surface area contributed by atoms with E-state index in [4.69, 9.17) is 18.9 Å². The number of methoxy groups -OCH3 is 1. The second-order valence-electron chi connectivity index (χ2n) is 6.74. The summed E-state index contributed by atoms with van der Waals surface area (Å²) in [6.07, 6.45) is 0.796. The van der Waals surface area contributed by atoms with Gasteiger partial charge in [-0.05, 0) is 35.0 Å². The lowest BCUT2D eigenvalue weighted by Gasteiger charge is -2.12. The van der Waals surface area contributed by atoms with Crippen LogP contribution in [-0.4, -0.2) is 38.8 Å². The molecule has 0 atom stereocenters. The molecule has 0 radical (unpaired) electrons. The SMILES string of the molecule is COc1cc2ccccc2cc1C(=O)OCC(=O)Nc1ccc2c(c1)OCCCO2. The molecule has 1 aliphatic rings. The van der Waals surface area contributed by atoms with Crippen molar-refractivity contribution in [2.45, 2.75) is 6.42 Å². The first-order valence-corrected chi connectivity index (χ1v) is 9.57. The van der Waals surface area contributed by atoms with E-state index in [1.54, 1.807) is 30.3 Å². The van der Waals surface area contributed by atoms with Crippen LogP contribution in [0.2, 0.25) is 0 Å². The Morgan fingerprint density at radius 1 is 0.967 bits per heavy atom. The molecule has 0 spiro atoms. The minimum atomic E-state index is -0.633. The van der Waals surface area contributed by atoms with Crippen LogP contribution >= 0.6 is 0 Å². The van der Waals surface area contributed by atoms with Gasteiger partial charge in [0.2, 0.25) is 0 Å². The van der Waals surface area contributed by atoms with Gasteiger partial charge in [-0.3, -0.25) is 4.79 Å². The normalized spacial score (nSPS) is 12.7. The first-order chi connectivity index (χ1) is 14.6. The predicted molar refractivity (Wildman–Crippen MR) is 111 cm³/mol. The van der Waals surface area contributed by atoms with Crippen molar-refractivity contribution in [3.63, 3.8) is 0 Å². The van der Waals surface area contributed by atoms with Crippen molar-refractivity contribution in [2.75, 3.05) is 32.2 Å². The Labute approximate surface area is 173 Å². The Balaban J connectivity index is 1.41. The van der Waals surface area contributed by atoms with Gasteiger partial charge >= 0.3 is 5.97 Å². The van der Waals surface area contributed by atoms with Gasteiger partial charge in [-0.15, -0.1) is 0 Å². The summed E-state index contributed by atoms with van der Waals surface area (Å²) in [5, 5.41) is 4.51. The maximum atomic E-state index is 12.5. The Hall–Kier alpha value is -3.74. The van der Waals surface area contributed by atoms with Crippen molar-refractivity contribution in [3.05, 3.63) is 60.2 Å². The van der Waals surface area contributed by atoms with Crippen molar-refractivity contribution in [2.24, 2.45) is 0 Å². The molecule has 0 fully saturated rings. The standard InChI is InChI=1S/C23H21NO6/c1-27-20-12-16-6-3-2-5-15(16)11-18(20)23(26)30-14-22(25)24-17-7-8-19-21(13-17)29-10-4-9-28-19/h2-3,5-8,11-13H,4,9-10,14H2,1H3,(H,24,25). The van der Waals surface area contributed by atoms with Crippen molar-refractivity contribution in [1.82, 2.24) is 0 Å². The van der Waals surface area contributed by atoms with Gasteiger partial charge in [0.15, 0.2) is 18.1 Å². The molecule has 0 aromatic heterocycles. The summed E-state index contributed by atoms with van der Waals surface area (Å²) in [7, 11) is 1.48. The summed E-state index contributed by atoms with van der Waals surface area (Å²) >= 11 is 0. The maximum Gasteiger partial charge on any atom is 0.342 e. The molecule has 1 aliphatic heterocycles. The number of nitrogens with one attached hydrogen (secondary N) is 1. The lowest BCUT2D eigenvalue weighted by molar-refractivity contribution is -0.119.